The van der Waals surface area contributed by atoms with Crippen molar-refractivity contribution in [2.24, 2.45) is 0 Å². The first-order valence-electron chi connectivity index (χ1n) is 6.26. The summed E-state index contributed by atoms with van der Waals surface area (Å²) in [7, 11) is 0. The molecule has 2 N–H and O–H groups in total. The molecule has 1 amide bonds. The second-order valence-electron chi connectivity index (χ2n) is 4.41. The second kappa shape index (κ2) is 6.77. The van der Waals surface area contributed by atoms with Gasteiger partial charge in [-0.25, -0.2) is 4.98 Å². The molecule has 0 spiro atoms. The number of carbonyl (C=O) groups is 1. The third-order valence-corrected chi connectivity index (χ3v) is 2.87. The van der Waals surface area contributed by atoms with E-state index < -0.39 is 17.9 Å². The van der Waals surface area contributed by atoms with Gasteiger partial charge in [-0.3, -0.25) is 4.79 Å². The van der Waals surface area contributed by atoms with E-state index in [1.807, 2.05) is 30.3 Å². The molecule has 4 nitrogen and oxygen atoms in total. The van der Waals surface area contributed by atoms with Crippen molar-refractivity contribution in [2.75, 3.05) is 6.61 Å². The van der Waals surface area contributed by atoms with Gasteiger partial charge in [-0.2, -0.15) is 4.39 Å². The third kappa shape index (κ3) is 3.86. The summed E-state index contributed by atoms with van der Waals surface area (Å²) in [6.07, 6.45) is 1.74. The summed E-state index contributed by atoms with van der Waals surface area (Å²) in [5.74, 6) is -1.14. The zero-order chi connectivity index (χ0) is 14.4. The summed E-state index contributed by atoms with van der Waals surface area (Å²) >= 11 is 0. The van der Waals surface area contributed by atoms with Crippen LogP contribution in [0.15, 0.2) is 48.7 Å². The Labute approximate surface area is 116 Å². The van der Waals surface area contributed by atoms with Crippen LogP contribution >= 0.6 is 0 Å². The van der Waals surface area contributed by atoms with Crippen molar-refractivity contribution in [3.63, 3.8) is 0 Å². The predicted molar refractivity (Wildman–Crippen MR) is 72.7 cm³/mol. The van der Waals surface area contributed by atoms with E-state index in [-0.39, 0.29) is 12.2 Å². The molecule has 20 heavy (non-hydrogen) atoms. The van der Waals surface area contributed by atoms with Gasteiger partial charge in [0.2, 0.25) is 5.95 Å². The molecular weight excluding hydrogens is 259 g/mol. The van der Waals surface area contributed by atoms with Crippen molar-refractivity contribution in [1.82, 2.24) is 10.3 Å². The maximum absolute atomic E-state index is 13.0. The molecule has 0 fully saturated rings. The summed E-state index contributed by atoms with van der Waals surface area (Å²) in [6, 6.07) is 11.6. The van der Waals surface area contributed by atoms with Gasteiger partial charge in [0, 0.05) is 17.8 Å². The van der Waals surface area contributed by atoms with E-state index in [1.54, 1.807) is 0 Å². The molecular formula is C15H15FN2O2. The average Bonchev–Trinajstić information content (AvgIpc) is 2.47. The fraction of sp³-hybridized carbons (Fsp3) is 0.200. The monoisotopic (exact) mass is 274 g/mol. The van der Waals surface area contributed by atoms with Gasteiger partial charge in [0.25, 0.3) is 5.91 Å². The van der Waals surface area contributed by atoms with E-state index in [9.17, 15) is 14.3 Å². The van der Waals surface area contributed by atoms with Crippen LogP contribution in [0.4, 0.5) is 4.39 Å². The van der Waals surface area contributed by atoms with Crippen molar-refractivity contribution in [2.45, 2.75) is 12.5 Å². The lowest BCUT2D eigenvalue weighted by molar-refractivity contribution is 0.0916. The van der Waals surface area contributed by atoms with Gasteiger partial charge in [-0.15, -0.1) is 0 Å². The number of hydrogen-bond donors (Lipinski definition) is 2. The van der Waals surface area contributed by atoms with Gasteiger partial charge in [0.1, 0.15) is 0 Å². The van der Waals surface area contributed by atoms with Crippen LogP contribution in [0.5, 0.6) is 0 Å². The number of rotatable bonds is 5. The Morgan fingerprint density at radius 1 is 1.30 bits per heavy atom. The van der Waals surface area contributed by atoms with E-state index >= 15 is 0 Å². The van der Waals surface area contributed by atoms with E-state index in [4.69, 9.17) is 0 Å². The molecule has 1 aromatic heterocycles. The molecule has 0 aliphatic heterocycles. The molecule has 0 saturated heterocycles. The highest BCUT2D eigenvalue weighted by molar-refractivity contribution is 5.94. The van der Waals surface area contributed by atoms with Crippen LogP contribution in [-0.4, -0.2) is 28.6 Å². The molecule has 0 aliphatic rings. The van der Waals surface area contributed by atoms with Crippen molar-refractivity contribution in [1.29, 1.82) is 0 Å². The average molecular weight is 274 g/mol. The number of pyridine rings is 1. The first kappa shape index (κ1) is 14.1. The number of nitrogens with one attached hydrogen (secondary N) is 1. The topological polar surface area (TPSA) is 62.2 Å². The second-order valence-corrected chi connectivity index (χ2v) is 4.41. The van der Waals surface area contributed by atoms with Gasteiger partial charge >= 0.3 is 0 Å². The molecule has 0 unspecified atom stereocenters. The lowest BCUT2D eigenvalue weighted by atomic mass is 10.1. The van der Waals surface area contributed by atoms with Crippen LogP contribution in [0, 0.1) is 5.95 Å². The molecule has 0 radical (unpaired) electrons. The summed E-state index contributed by atoms with van der Waals surface area (Å²) in [5.41, 5.74) is 1.19. The summed E-state index contributed by atoms with van der Waals surface area (Å²) in [4.78, 5) is 15.3. The molecule has 5 heteroatoms. The van der Waals surface area contributed by atoms with Crippen molar-refractivity contribution < 1.29 is 14.3 Å². The fourth-order valence-corrected chi connectivity index (χ4v) is 1.87. The number of benzene rings is 1. The van der Waals surface area contributed by atoms with Crippen LogP contribution in [0.25, 0.3) is 0 Å². The zero-order valence-electron chi connectivity index (χ0n) is 10.8. The van der Waals surface area contributed by atoms with Crippen molar-refractivity contribution in [3.05, 3.63) is 65.7 Å². The smallest absolute Gasteiger partial charge is 0.251 e. The number of nitrogens with zero attached hydrogens (tertiary/aromatic N) is 1. The summed E-state index contributed by atoms with van der Waals surface area (Å²) in [5, 5.41) is 12.0. The highest BCUT2D eigenvalue weighted by atomic mass is 19.1. The number of aromatic nitrogens is 1. The lowest BCUT2D eigenvalue weighted by Crippen LogP contribution is -2.39. The quantitative estimate of drug-likeness (QED) is 0.813. The Bertz CT molecular complexity index is 575. The summed E-state index contributed by atoms with van der Waals surface area (Å²) < 4.78 is 13.0. The van der Waals surface area contributed by atoms with Crippen LogP contribution in [0.1, 0.15) is 15.9 Å². The molecule has 1 atom stereocenters. The Hall–Kier alpha value is -2.27. The SMILES string of the molecule is O=C(N[C@H](CO)Cc1ccccc1)c1ccnc(F)c1. The number of halogens is 1. The molecule has 0 bridgehead atoms. The fourth-order valence-electron chi connectivity index (χ4n) is 1.87. The standard InChI is InChI=1S/C15H15FN2O2/c16-14-9-12(6-7-17-14)15(20)18-13(10-19)8-11-4-2-1-3-5-11/h1-7,9,13,19H,8,10H2,(H,18,20)/t13-/m0/s1. The van der Waals surface area contributed by atoms with Crippen LogP contribution in [0.2, 0.25) is 0 Å². The van der Waals surface area contributed by atoms with E-state index in [0.717, 1.165) is 11.6 Å². The molecule has 0 aliphatic carbocycles. The summed E-state index contributed by atoms with van der Waals surface area (Å²) in [6.45, 7) is -0.186. The molecule has 2 aromatic rings. The minimum atomic E-state index is -0.707. The first-order valence-corrected chi connectivity index (χ1v) is 6.26. The lowest BCUT2D eigenvalue weighted by Gasteiger charge is -2.16. The molecule has 1 aromatic carbocycles. The third-order valence-electron chi connectivity index (χ3n) is 2.87. The number of aliphatic hydroxyl groups is 1. The predicted octanol–water partition coefficient (Wildman–Crippen LogP) is 1.55. The molecule has 104 valence electrons. The molecule has 1 heterocycles. The minimum absolute atomic E-state index is 0.184. The van der Waals surface area contributed by atoms with Crippen molar-refractivity contribution in [3.8, 4) is 0 Å². The number of aliphatic hydroxyl groups excluding tert-OH is 1. The Balaban J connectivity index is 2.01. The van der Waals surface area contributed by atoms with E-state index in [2.05, 4.69) is 10.3 Å². The molecule has 2 rings (SSSR count). The maximum Gasteiger partial charge on any atom is 0.251 e. The highest BCUT2D eigenvalue weighted by Crippen LogP contribution is 2.05. The zero-order valence-corrected chi connectivity index (χ0v) is 10.8. The van der Waals surface area contributed by atoms with Crippen molar-refractivity contribution >= 4 is 5.91 Å². The number of amides is 1. The van der Waals surface area contributed by atoms with Gasteiger partial charge in [-0.05, 0) is 18.1 Å². The molecule has 0 saturated carbocycles. The van der Waals surface area contributed by atoms with Gasteiger partial charge in [0.05, 0.1) is 12.6 Å². The van der Waals surface area contributed by atoms with Gasteiger partial charge in [0.15, 0.2) is 0 Å². The largest absolute Gasteiger partial charge is 0.394 e. The number of carbonyl (C=O) groups excluding carboxylic acids is 1. The normalized spacial score (nSPS) is 11.9. The first-order chi connectivity index (χ1) is 9.69. The Kier molecular flexibility index (Phi) is 4.79. The number of hydrogen-bond acceptors (Lipinski definition) is 3. The Morgan fingerprint density at radius 3 is 2.70 bits per heavy atom. The van der Waals surface area contributed by atoms with Gasteiger partial charge in [-0.1, -0.05) is 30.3 Å². The van der Waals surface area contributed by atoms with Crippen LogP contribution < -0.4 is 5.32 Å². The van der Waals surface area contributed by atoms with Gasteiger partial charge < -0.3 is 10.4 Å². The Morgan fingerprint density at radius 2 is 2.05 bits per heavy atom. The minimum Gasteiger partial charge on any atom is -0.394 e. The van der Waals surface area contributed by atoms with Crippen LogP contribution in [-0.2, 0) is 6.42 Å². The van der Waals surface area contributed by atoms with E-state index in [0.29, 0.717) is 6.42 Å². The van der Waals surface area contributed by atoms with Crippen LogP contribution in [0.3, 0.4) is 0 Å². The maximum atomic E-state index is 13.0. The highest BCUT2D eigenvalue weighted by Gasteiger charge is 2.14. The van der Waals surface area contributed by atoms with E-state index in [1.165, 1.54) is 12.3 Å².